The molecule has 0 spiro atoms. The van der Waals surface area contributed by atoms with Gasteiger partial charge in [0.05, 0.1) is 0 Å². The second kappa shape index (κ2) is 2.88. The van der Waals surface area contributed by atoms with E-state index in [0.29, 0.717) is 11.8 Å². The van der Waals surface area contributed by atoms with E-state index in [2.05, 4.69) is 43.4 Å². The molecule has 0 aromatic carbocycles. The van der Waals surface area contributed by atoms with Gasteiger partial charge in [-0.15, -0.1) is 0 Å². The quantitative estimate of drug-likeness (QED) is 0.565. The second-order valence-corrected chi connectivity index (χ2v) is 4.24. The molecule has 72 valence electrons. The van der Waals surface area contributed by atoms with Crippen LogP contribution < -0.4 is 0 Å². The molecule has 0 aromatic rings. The zero-order valence-electron chi connectivity index (χ0n) is 8.31. The lowest BCUT2D eigenvalue weighted by Gasteiger charge is -2.16. The van der Waals surface area contributed by atoms with Gasteiger partial charge >= 0.3 is 0 Å². The zero-order chi connectivity index (χ0) is 9.54. The predicted molar refractivity (Wildman–Crippen MR) is 56.6 cm³/mol. The van der Waals surface area contributed by atoms with Gasteiger partial charge in [-0.25, -0.2) is 0 Å². The highest BCUT2D eigenvalue weighted by atomic mass is 16.5. The van der Waals surface area contributed by atoms with E-state index in [-0.39, 0.29) is 6.10 Å². The molecule has 0 saturated carbocycles. The summed E-state index contributed by atoms with van der Waals surface area (Å²) in [7, 11) is 0. The third-order valence-corrected chi connectivity index (χ3v) is 3.23. The summed E-state index contributed by atoms with van der Waals surface area (Å²) in [4.78, 5) is 0. The minimum absolute atomic E-state index is 0.259. The summed E-state index contributed by atoms with van der Waals surface area (Å²) in [6.45, 7) is 2.24. The van der Waals surface area contributed by atoms with Gasteiger partial charge in [-0.1, -0.05) is 37.3 Å². The Bertz CT molecular complexity index is 371. The number of rotatable bonds is 0. The van der Waals surface area contributed by atoms with E-state index in [0.717, 1.165) is 6.42 Å². The van der Waals surface area contributed by atoms with Crippen LogP contribution in [0.25, 0.3) is 0 Å². The fourth-order valence-electron chi connectivity index (χ4n) is 2.46. The maximum Gasteiger partial charge on any atom is 0.127 e. The fourth-order valence-corrected chi connectivity index (χ4v) is 2.46. The molecule has 3 rings (SSSR count). The lowest BCUT2D eigenvalue weighted by Crippen LogP contribution is -2.15. The van der Waals surface area contributed by atoms with Crippen LogP contribution in [0.2, 0.25) is 0 Å². The number of allylic oxidation sites excluding steroid dienone is 5. The van der Waals surface area contributed by atoms with Gasteiger partial charge in [-0.2, -0.15) is 0 Å². The van der Waals surface area contributed by atoms with Crippen molar-refractivity contribution in [3.63, 3.8) is 0 Å². The summed E-state index contributed by atoms with van der Waals surface area (Å²) in [5.41, 5.74) is 1.40. The Morgan fingerprint density at radius 1 is 1.29 bits per heavy atom. The van der Waals surface area contributed by atoms with Gasteiger partial charge in [0.2, 0.25) is 0 Å². The fraction of sp³-hybridized carbons (Fsp3) is 0.385. The molecule has 3 aliphatic rings. The summed E-state index contributed by atoms with van der Waals surface area (Å²) in [5.74, 6) is 2.25. The molecule has 0 N–H and O–H groups in total. The van der Waals surface area contributed by atoms with E-state index in [9.17, 15) is 0 Å². The monoisotopic (exact) mass is 186 g/mol. The van der Waals surface area contributed by atoms with E-state index in [1.54, 1.807) is 0 Å². The third-order valence-electron chi connectivity index (χ3n) is 3.23. The van der Waals surface area contributed by atoms with Crippen molar-refractivity contribution >= 4 is 0 Å². The lowest BCUT2D eigenvalue weighted by atomic mass is 9.86. The van der Waals surface area contributed by atoms with Gasteiger partial charge in [-0.05, 0) is 12.5 Å². The van der Waals surface area contributed by atoms with Crippen molar-refractivity contribution in [3.05, 3.63) is 47.8 Å². The summed E-state index contributed by atoms with van der Waals surface area (Å²) in [6.07, 6.45) is 14.5. The second-order valence-electron chi connectivity index (χ2n) is 4.24. The third kappa shape index (κ3) is 1.02. The van der Waals surface area contributed by atoms with E-state index in [1.165, 1.54) is 11.3 Å². The van der Waals surface area contributed by atoms with Gasteiger partial charge in [0.25, 0.3) is 0 Å². The van der Waals surface area contributed by atoms with Crippen LogP contribution >= 0.6 is 0 Å². The van der Waals surface area contributed by atoms with Crippen molar-refractivity contribution in [1.29, 1.82) is 0 Å². The van der Waals surface area contributed by atoms with E-state index < -0.39 is 0 Å². The molecule has 0 aromatic heterocycles. The Hall–Kier alpha value is -1.24. The van der Waals surface area contributed by atoms with Gasteiger partial charge < -0.3 is 4.74 Å². The normalized spacial score (nSPS) is 38.2. The van der Waals surface area contributed by atoms with E-state index in [4.69, 9.17) is 4.74 Å². The highest BCUT2D eigenvalue weighted by molar-refractivity contribution is 5.40. The summed E-state index contributed by atoms with van der Waals surface area (Å²) < 4.78 is 5.97. The van der Waals surface area contributed by atoms with Crippen molar-refractivity contribution < 1.29 is 4.74 Å². The molecule has 3 atom stereocenters. The van der Waals surface area contributed by atoms with E-state index >= 15 is 0 Å². The number of ether oxygens (including phenoxy) is 1. The molecule has 0 fully saturated rings. The Balaban J connectivity index is 2.01. The smallest absolute Gasteiger partial charge is 0.127 e. The van der Waals surface area contributed by atoms with Crippen molar-refractivity contribution in [2.75, 3.05) is 0 Å². The number of hydrogen-bond donors (Lipinski definition) is 0. The van der Waals surface area contributed by atoms with E-state index in [1.807, 2.05) is 0 Å². The molecule has 0 saturated heterocycles. The molecule has 14 heavy (non-hydrogen) atoms. The number of fused-ring (bicyclic) bond motifs is 2. The average molecular weight is 186 g/mol. The number of hydrogen-bond acceptors (Lipinski definition) is 1. The van der Waals surface area contributed by atoms with Crippen LogP contribution in [-0.4, -0.2) is 6.10 Å². The minimum Gasteiger partial charge on any atom is -0.489 e. The Morgan fingerprint density at radius 3 is 3.07 bits per heavy atom. The molecular formula is C13H14O. The highest BCUT2D eigenvalue weighted by Gasteiger charge is 2.36. The van der Waals surface area contributed by atoms with Gasteiger partial charge in [0.15, 0.2) is 0 Å². The maximum atomic E-state index is 5.97. The molecule has 1 aliphatic heterocycles. The lowest BCUT2D eigenvalue weighted by molar-refractivity contribution is 0.142. The van der Waals surface area contributed by atoms with Crippen LogP contribution in [0.15, 0.2) is 47.8 Å². The molecule has 3 unspecified atom stereocenters. The van der Waals surface area contributed by atoms with Crippen LogP contribution in [0.5, 0.6) is 0 Å². The predicted octanol–water partition coefficient (Wildman–Crippen LogP) is 2.98. The Kier molecular flexibility index (Phi) is 1.66. The summed E-state index contributed by atoms with van der Waals surface area (Å²) in [5, 5.41) is 0. The van der Waals surface area contributed by atoms with Crippen molar-refractivity contribution in [2.24, 2.45) is 11.8 Å². The molecular weight excluding hydrogens is 172 g/mol. The van der Waals surface area contributed by atoms with Crippen LogP contribution in [0.4, 0.5) is 0 Å². The standard InChI is InChI=1S/C13H14O/c1-9-5-4-7-11-10-6-2-3-8-12(10)14-13(9)11/h2-4,6-10,12H,5H2,1H3. The molecule has 1 nitrogen and oxygen atoms in total. The van der Waals surface area contributed by atoms with Gasteiger partial charge in [0, 0.05) is 17.4 Å². The van der Waals surface area contributed by atoms with Crippen LogP contribution in [0.1, 0.15) is 13.3 Å². The largest absolute Gasteiger partial charge is 0.489 e. The highest BCUT2D eigenvalue weighted by Crippen LogP contribution is 2.41. The SMILES string of the molecule is CC1CC=CC2=C1OC1C=CC=CC21. The minimum atomic E-state index is 0.259. The van der Waals surface area contributed by atoms with Crippen molar-refractivity contribution in [1.82, 2.24) is 0 Å². The topological polar surface area (TPSA) is 9.23 Å². The molecule has 0 amide bonds. The average Bonchev–Trinajstić information content (AvgIpc) is 2.59. The molecule has 0 bridgehead atoms. The first-order valence-corrected chi connectivity index (χ1v) is 5.28. The molecule has 1 heterocycles. The Morgan fingerprint density at radius 2 is 2.14 bits per heavy atom. The summed E-state index contributed by atoms with van der Waals surface area (Å²) in [6, 6.07) is 0. The van der Waals surface area contributed by atoms with Crippen LogP contribution in [-0.2, 0) is 4.74 Å². The van der Waals surface area contributed by atoms with Gasteiger partial charge in [0.1, 0.15) is 11.9 Å². The maximum absolute atomic E-state index is 5.97. The molecule has 0 radical (unpaired) electrons. The van der Waals surface area contributed by atoms with Crippen LogP contribution in [0, 0.1) is 11.8 Å². The summed E-state index contributed by atoms with van der Waals surface area (Å²) >= 11 is 0. The Labute approximate surface area is 84.5 Å². The van der Waals surface area contributed by atoms with Gasteiger partial charge in [-0.3, -0.25) is 0 Å². The zero-order valence-corrected chi connectivity index (χ0v) is 8.31. The molecule has 1 heteroatoms. The first kappa shape index (κ1) is 8.10. The molecule has 2 aliphatic carbocycles. The van der Waals surface area contributed by atoms with Crippen LogP contribution in [0.3, 0.4) is 0 Å². The first-order valence-electron chi connectivity index (χ1n) is 5.28. The van der Waals surface area contributed by atoms with Crippen molar-refractivity contribution in [3.8, 4) is 0 Å². The van der Waals surface area contributed by atoms with Crippen molar-refractivity contribution in [2.45, 2.75) is 19.4 Å². The first-order chi connectivity index (χ1) is 6.86.